The molecule has 0 spiro atoms. The van der Waals surface area contributed by atoms with Crippen LogP contribution in [0.25, 0.3) is 10.9 Å². The minimum absolute atomic E-state index is 0.176. The van der Waals surface area contributed by atoms with Crippen LogP contribution in [0.1, 0.15) is 66.7 Å². The van der Waals surface area contributed by atoms with Gasteiger partial charge in [-0.25, -0.2) is 0 Å². The number of aliphatic imine (C=N–C) groups is 1. The van der Waals surface area contributed by atoms with E-state index in [2.05, 4.69) is 52.8 Å². The molecule has 1 amide bonds. The number of rotatable bonds is 5. The Balaban J connectivity index is 1.36. The maximum absolute atomic E-state index is 13.5. The van der Waals surface area contributed by atoms with Crippen LogP contribution >= 0.6 is 0 Å². The predicted octanol–water partition coefficient (Wildman–Crippen LogP) is 5.51. The molecule has 194 valence electrons. The van der Waals surface area contributed by atoms with E-state index in [0.29, 0.717) is 12.5 Å². The van der Waals surface area contributed by atoms with Crippen molar-refractivity contribution in [1.29, 1.82) is 0 Å². The number of aromatic nitrogens is 1. The summed E-state index contributed by atoms with van der Waals surface area (Å²) in [6.45, 7) is 10.3. The van der Waals surface area contributed by atoms with Gasteiger partial charge in [-0.2, -0.15) is 0 Å². The normalized spacial score (nSPS) is 18.3. The molecule has 3 aromatic rings. The molecule has 3 aliphatic rings. The fourth-order valence-electron chi connectivity index (χ4n) is 6.20. The minimum Gasteiger partial charge on any atom is -0.494 e. The SMILES string of the molecule is CCOc1ccc(Cn2c3c(c4cc(C(=O)N5CCC(C)CC5)ccc42)CN(C2=NCCC2)CC3)cc1. The van der Waals surface area contributed by atoms with Crippen molar-refractivity contribution < 1.29 is 9.53 Å². The predicted molar refractivity (Wildman–Crippen MR) is 149 cm³/mol. The molecule has 6 rings (SSSR count). The van der Waals surface area contributed by atoms with Crippen molar-refractivity contribution in [3.05, 3.63) is 64.8 Å². The number of amides is 1. The molecule has 1 fully saturated rings. The highest BCUT2D eigenvalue weighted by atomic mass is 16.5. The van der Waals surface area contributed by atoms with Crippen molar-refractivity contribution in [1.82, 2.24) is 14.4 Å². The van der Waals surface area contributed by atoms with Gasteiger partial charge in [0.05, 0.1) is 12.4 Å². The van der Waals surface area contributed by atoms with Crippen molar-refractivity contribution in [3.63, 3.8) is 0 Å². The Morgan fingerprint density at radius 2 is 1.86 bits per heavy atom. The monoisotopic (exact) mass is 498 g/mol. The third-order valence-corrected chi connectivity index (χ3v) is 8.36. The highest BCUT2D eigenvalue weighted by Gasteiger charge is 2.28. The lowest BCUT2D eigenvalue weighted by Gasteiger charge is -2.30. The molecule has 1 saturated heterocycles. The van der Waals surface area contributed by atoms with Crippen molar-refractivity contribution in [3.8, 4) is 5.75 Å². The second-order valence-corrected chi connectivity index (χ2v) is 10.9. The largest absolute Gasteiger partial charge is 0.494 e. The van der Waals surface area contributed by atoms with Crippen LogP contribution in [0, 0.1) is 5.92 Å². The Morgan fingerprint density at radius 3 is 2.59 bits per heavy atom. The first kappa shape index (κ1) is 24.1. The number of amidine groups is 1. The van der Waals surface area contributed by atoms with Crippen molar-refractivity contribution in [2.75, 3.05) is 32.8 Å². The van der Waals surface area contributed by atoms with Gasteiger partial charge in [-0.05, 0) is 68.0 Å². The van der Waals surface area contributed by atoms with Gasteiger partial charge in [0.25, 0.3) is 5.91 Å². The average Bonchev–Trinajstić information content (AvgIpc) is 3.57. The number of benzene rings is 2. The van der Waals surface area contributed by atoms with Crippen LogP contribution < -0.4 is 4.74 Å². The number of piperidine rings is 1. The number of carbonyl (C=O) groups excluding carboxylic acids is 1. The van der Waals surface area contributed by atoms with E-state index in [9.17, 15) is 4.79 Å². The van der Waals surface area contributed by atoms with Crippen molar-refractivity contribution in [2.45, 2.75) is 59.0 Å². The number of likely N-dealkylation sites (tertiary alicyclic amines) is 1. The lowest BCUT2D eigenvalue weighted by Crippen LogP contribution is -2.37. The zero-order chi connectivity index (χ0) is 25.4. The minimum atomic E-state index is 0.176. The second-order valence-electron chi connectivity index (χ2n) is 10.9. The molecule has 3 aliphatic heterocycles. The van der Waals surface area contributed by atoms with Gasteiger partial charge in [-0.3, -0.25) is 9.79 Å². The Labute approximate surface area is 219 Å². The molecule has 37 heavy (non-hydrogen) atoms. The van der Waals surface area contributed by atoms with Crippen LogP contribution in [0.2, 0.25) is 0 Å². The molecule has 6 nitrogen and oxygen atoms in total. The van der Waals surface area contributed by atoms with E-state index >= 15 is 0 Å². The molecule has 4 heterocycles. The molecule has 6 heteroatoms. The third-order valence-electron chi connectivity index (χ3n) is 8.36. The lowest BCUT2D eigenvalue weighted by atomic mass is 9.98. The standard InChI is InChI=1S/C31H38N4O2/c1-3-37-25-9-6-23(7-10-25)20-35-28-11-8-24(31(36)33-16-12-22(2)13-17-33)19-26(28)27-21-34(18-14-29(27)35)30-5-4-15-32-30/h6-11,19,22H,3-5,12-18,20-21H2,1-2H3. The van der Waals surface area contributed by atoms with Gasteiger partial charge in [-0.1, -0.05) is 19.1 Å². The number of nitrogens with zero attached hydrogens (tertiary/aromatic N) is 4. The van der Waals surface area contributed by atoms with E-state index in [1.165, 1.54) is 33.6 Å². The van der Waals surface area contributed by atoms with E-state index in [4.69, 9.17) is 9.73 Å². The summed E-state index contributed by atoms with van der Waals surface area (Å²) in [5.74, 6) is 3.05. The number of carbonyl (C=O) groups is 1. The van der Waals surface area contributed by atoms with Gasteiger partial charge in [0.2, 0.25) is 0 Å². The third kappa shape index (κ3) is 4.74. The summed E-state index contributed by atoms with van der Waals surface area (Å²) < 4.78 is 8.13. The lowest BCUT2D eigenvalue weighted by molar-refractivity contribution is 0.0697. The smallest absolute Gasteiger partial charge is 0.253 e. The quantitative estimate of drug-likeness (QED) is 0.466. The van der Waals surface area contributed by atoms with Crippen LogP contribution in [0.3, 0.4) is 0 Å². The maximum Gasteiger partial charge on any atom is 0.253 e. The van der Waals surface area contributed by atoms with Crippen LogP contribution in [0.5, 0.6) is 5.75 Å². The maximum atomic E-state index is 13.5. The molecular weight excluding hydrogens is 460 g/mol. The Morgan fingerprint density at radius 1 is 1.05 bits per heavy atom. The van der Waals surface area contributed by atoms with Crippen LogP contribution in [-0.2, 0) is 19.5 Å². The van der Waals surface area contributed by atoms with Crippen LogP contribution in [0.4, 0.5) is 0 Å². The van der Waals surface area contributed by atoms with Crippen molar-refractivity contribution in [2.24, 2.45) is 10.9 Å². The highest BCUT2D eigenvalue weighted by Crippen LogP contribution is 2.34. The second kappa shape index (κ2) is 10.2. The molecule has 0 saturated carbocycles. The highest BCUT2D eigenvalue weighted by molar-refractivity contribution is 5.99. The average molecular weight is 499 g/mol. The molecule has 0 radical (unpaired) electrons. The fraction of sp³-hybridized carbons (Fsp3) is 0.484. The van der Waals surface area contributed by atoms with Crippen LogP contribution in [0.15, 0.2) is 47.5 Å². The molecular formula is C31H38N4O2. The van der Waals surface area contributed by atoms with E-state index < -0.39 is 0 Å². The number of fused-ring (bicyclic) bond motifs is 3. The molecule has 0 atom stereocenters. The Kier molecular flexibility index (Phi) is 6.66. The van der Waals surface area contributed by atoms with Gasteiger partial charge < -0.3 is 19.1 Å². The molecule has 0 unspecified atom stereocenters. The van der Waals surface area contributed by atoms with E-state index in [0.717, 1.165) is 82.7 Å². The van der Waals surface area contributed by atoms with E-state index in [1.54, 1.807) is 0 Å². The molecule has 0 N–H and O–H groups in total. The summed E-state index contributed by atoms with van der Waals surface area (Å²) >= 11 is 0. The molecule has 2 aromatic carbocycles. The van der Waals surface area contributed by atoms with Gasteiger partial charge in [0.1, 0.15) is 5.75 Å². The zero-order valence-electron chi connectivity index (χ0n) is 22.2. The van der Waals surface area contributed by atoms with Gasteiger partial charge in [0.15, 0.2) is 0 Å². The Bertz CT molecular complexity index is 1320. The van der Waals surface area contributed by atoms with E-state index in [-0.39, 0.29) is 5.91 Å². The first-order chi connectivity index (χ1) is 18.1. The van der Waals surface area contributed by atoms with Gasteiger partial charge >= 0.3 is 0 Å². The molecule has 0 bridgehead atoms. The summed E-state index contributed by atoms with van der Waals surface area (Å²) in [6.07, 6.45) is 5.42. The first-order valence-corrected chi connectivity index (χ1v) is 14.0. The number of ether oxygens (including phenoxy) is 1. The van der Waals surface area contributed by atoms with Gasteiger partial charge in [-0.15, -0.1) is 0 Å². The topological polar surface area (TPSA) is 50.1 Å². The number of hydrogen-bond acceptors (Lipinski definition) is 4. The van der Waals surface area contributed by atoms with Crippen LogP contribution in [-0.4, -0.2) is 58.9 Å². The van der Waals surface area contributed by atoms with Gasteiger partial charge in [0, 0.05) is 79.8 Å². The van der Waals surface area contributed by atoms with E-state index in [1.807, 2.05) is 17.9 Å². The summed E-state index contributed by atoms with van der Waals surface area (Å²) in [7, 11) is 0. The molecule has 1 aromatic heterocycles. The summed E-state index contributed by atoms with van der Waals surface area (Å²) in [5.41, 5.74) is 6.06. The molecule has 0 aliphatic carbocycles. The Hall–Kier alpha value is -3.28. The zero-order valence-corrected chi connectivity index (χ0v) is 22.2. The van der Waals surface area contributed by atoms with Crippen molar-refractivity contribution >= 4 is 22.6 Å². The summed E-state index contributed by atoms with van der Waals surface area (Å²) in [4.78, 5) is 22.8. The number of hydrogen-bond donors (Lipinski definition) is 0. The summed E-state index contributed by atoms with van der Waals surface area (Å²) in [5, 5.41) is 1.22. The fourth-order valence-corrected chi connectivity index (χ4v) is 6.20. The first-order valence-electron chi connectivity index (χ1n) is 14.0. The summed E-state index contributed by atoms with van der Waals surface area (Å²) in [6, 6.07) is 14.9.